The molecule has 2 N–H and O–H groups in total. The summed E-state index contributed by atoms with van der Waals surface area (Å²) in [6, 6.07) is 14.5. The van der Waals surface area contributed by atoms with Crippen molar-refractivity contribution in [3.63, 3.8) is 0 Å². The van der Waals surface area contributed by atoms with Crippen LogP contribution in [0.1, 0.15) is 53.5 Å². The Morgan fingerprint density at radius 1 is 0.971 bits per heavy atom. The Hall–Kier alpha value is -3.93. The highest BCUT2D eigenvalue weighted by molar-refractivity contribution is 6.44. The standard InChI is InChI=1S/C29H28N2O4/c1-28(2)22(18-8-10-19(11-9-18)27(34)35)12-14-29(3)17-31(15-13-24(28)29)26(33)25(32)21-16-30-23-7-5-4-6-20(21)23/h4-13,16,30H,14-15,17H2,1-3H3,(H,34,35)/t29-/m1/s1. The quantitative estimate of drug-likeness (QED) is 0.307. The number of nitrogens with one attached hydrogen (secondary N) is 1. The summed E-state index contributed by atoms with van der Waals surface area (Å²) in [5, 5.41) is 9.97. The van der Waals surface area contributed by atoms with Gasteiger partial charge in [0.1, 0.15) is 0 Å². The number of carboxylic acids is 1. The third-order valence-electron chi connectivity index (χ3n) is 7.57. The normalized spacial score (nSPS) is 21.2. The molecule has 1 amide bonds. The minimum absolute atomic E-state index is 0.263. The van der Waals surface area contributed by atoms with Crippen molar-refractivity contribution in [2.75, 3.05) is 13.1 Å². The summed E-state index contributed by atoms with van der Waals surface area (Å²) in [4.78, 5) is 42.4. The van der Waals surface area contributed by atoms with E-state index in [-0.39, 0.29) is 16.4 Å². The zero-order chi connectivity index (χ0) is 25.0. The van der Waals surface area contributed by atoms with E-state index in [9.17, 15) is 19.5 Å². The van der Waals surface area contributed by atoms with Crippen LogP contribution in [0.4, 0.5) is 0 Å². The Labute approximate surface area is 204 Å². The molecule has 1 aliphatic heterocycles. The van der Waals surface area contributed by atoms with Gasteiger partial charge >= 0.3 is 5.97 Å². The van der Waals surface area contributed by atoms with E-state index in [1.165, 1.54) is 5.57 Å². The highest BCUT2D eigenvalue weighted by Gasteiger charge is 2.47. The maximum absolute atomic E-state index is 13.3. The van der Waals surface area contributed by atoms with E-state index in [1.54, 1.807) is 23.2 Å². The highest BCUT2D eigenvalue weighted by atomic mass is 16.4. The second kappa shape index (κ2) is 8.08. The summed E-state index contributed by atoms with van der Waals surface area (Å²) >= 11 is 0. The molecule has 0 unspecified atom stereocenters. The van der Waals surface area contributed by atoms with Gasteiger partial charge in [-0.2, -0.15) is 0 Å². The summed E-state index contributed by atoms with van der Waals surface area (Å²) in [6.07, 6.45) is 6.64. The fourth-order valence-electron chi connectivity index (χ4n) is 5.87. The molecule has 0 saturated heterocycles. The lowest BCUT2D eigenvalue weighted by atomic mass is 9.58. The van der Waals surface area contributed by atoms with E-state index >= 15 is 0 Å². The molecule has 35 heavy (non-hydrogen) atoms. The number of nitrogens with zero attached hydrogens (tertiary/aromatic N) is 1. The number of hydrogen-bond acceptors (Lipinski definition) is 3. The number of aromatic carboxylic acids is 1. The van der Waals surface area contributed by atoms with Crippen LogP contribution in [0.15, 0.2) is 72.5 Å². The smallest absolute Gasteiger partial charge is 0.335 e. The van der Waals surface area contributed by atoms with Crippen molar-refractivity contribution in [2.45, 2.75) is 27.2 Å². The molecule has 3 aromatic rings. The van der Waals surface area contributed by atoms with Crippen LogP contribution >= 0.6 is 0 Å². The van der Waals surface area contributed by atoms with E-state index in [2.05, 4.69) is 37.9 Å². The minimum atomic E-state index is -0.942. The maximum atomic E-state index is 13.3. The molecule has 0 saturated carbocycles. The molecular weight excluding hydrogens is 440 g/mol. The van der Waals surface area contributed by atoms with Crippen LogP contribution in [-0.4, -0.2) is 45.7 Å². The van der Waals surface area contributed by atoms with E-state index < -0.39 is 17.7 Å². The summed E-state index contributed by atoms with van der Waals surface area (Å²) in [5.74, 6) is -1.92. The van der Waals surface area contributed by atoms with E-state index in [0.717, 1.165) is 28.5 Å². The van der Waals surface area contributed by atoms with Crippen LogP contribution in [0.5, 0.6) is 0 Å². The lowest BCUT2D eigenvalue weighted by Crippen LogP contribution is -2.50. The summed E-state index contributed by atoms with van der Waals surface area (Å²) in [5.41, 5.74) is 4.30. The number of carbonyl (C=O) groups is 3. The van der Waals surface area contributed by atoms with Gasteiger partial charge in [0.2, 0.25) is 0 Å². The molecule has 0 fully saturated rings. The number of hydrogen-bond donors (Lipinski definition) is 2. The second-order valence-electron chi connectivity index (χ2n) is 10.3. The highest BCUT2D eigenvalue weighted by Crippen LogP contribution is 2.55. The van der Waals surface area contributed by atoms with Crippen LogP contribution in [-0.2, 0) is 4.79 Å². The van der Waals surface area contributed by atoms with Gasteiger partial charge in [0.15, 0.2) is 0 Å². The van der Waals surface area contributed by atoms with Crippen LogP contribution < -0.4 is 0 Å². The number of rotatable bonds is 4. The molecular formula is C29H28N2O4. The zero-order valence-electron chi connectivity index (χ0n) is 20.1. The van der Waals surface area contributed by atoms with Crippen molar-refractivity contribution in [2.24, 2.45) is 10.8 Å². The Morgan fingerprint density at radius 2 is 1.69 bits per heavy atom. The van der Waals surface area contributed by atoms with Crippen LogP contribution in [0.3, 0.4) is 0 Å². The third-order valence-corrected chi connectivity index (χ3v) is 7.57. The number of allylic oxidation sites excluding steroid dienone is 2. The number of aromatic nitrogens is 1. The number of ketones is 1. The third kappa shape index (κ3) is 3.70. The fraction of sp³-hybridized carbons (Fsp3) is 0.276. The first-order valence-corrected chi connectivity index (χ1v) is 11.8. The number of para-hydroxylation sites is 1. The maximum Gasteiger partial charge on any atom is 0.335 e. The number of H-pyrrole nitrogens is 1. The first-order chi connectivity index (χ1) is 16.6. The lowest BCUT2D eigenvalue weighted by molar-refractivity contribution is -0.127. The van der Waals surface area contributed by atoms with Gasteiger partial charge in [0.05, 0.1) is 11.1 Å². The van der Waals surface area contributed by atoms with Crippen molar-refractivity contribution in [1.29, 1.82) is 0 Å². The number of Topliss-reactive ketones (excluding diaryl/α,β-unsaturated/α-hetero) is 1. The SMILES string of the molecule is CC1(C)C(c2ccc(C(=O)O)cc2)=CC[C@]2(C)CN(C(=O)C(=O)c3c[nH]c4ccccc34)CC=C12. The number of carbonyl (C=O) groups excluding carboxylic acids is 2. The number of amides is 1. The molecule has 6 heteroatoms. The average Bonchev–Trinajstić information content (AvgIpc) is 3.27. The minimum Gasteiger partial charge on any atom is -0.478 e. The molecule has 1 aromatic heterocycles. The Bertz CT molecular complexity index is 1420. The average molecular weight is 469 g/mol. The van der Waals surface area contributed by atoms with E-state index in [0.29, 0.717) is 18.7 Å². The molecule has 1 aliphatic carbocycles. The molecule has 2 aromatic carbocycles. The monoisotopic (exact) mass is 468 g/mol. The molecule has 5 rings (SSSR count). The molecule has 0 radical (unpaired) electrons. The van der Waals surface area contributed by atoms with Crippen molar-refractivity contribution < 1.29 is 19.5 Å². The predicted octanol–water partition coefficient (Wildman–Crippen LogP) is 5.34. The molecule has 6 nitrogen and oxygen atoms in total. The van der Waals surface area contributed by atoms with Crippen LogP contribution in [0.25, 0.3) is 16.5 Å². The topological polar surface area (TPSA) is 90.5 Å². The van der Waals surface area contributed by atoms with Gasteiger partial charge in [0.25, 0.3) is 11.7 Å². The van der Waals surface area contributed by atoms with Crippen molar-refractivity contribution in [1.82, 2.24) is 9.88 Å². The van der Waals surface area contributed by atoms with Crippen LogP contribution in [0, 0.1) is 10.8 Å². The Kier molecular flexibility index (Phi) is 5.28. The number of benzene rings is 2. The van der Waals surface area contributed by atoms with Gasteiger partial charge in [-0.1, -0.05) is 68.8 Å². The van der Waals surface area contributed by atoms with Crippen LogP contribution in [0.2, 0.25) is 0 Å². The molecule has 2 aliphatic rings. The van der Waals surface area contributed by atoms with Gasteiger partial charge in [0, 0.05) is 41.0 Å². The van der Waals surface area contributed by atoms with Crippen molar-refractivity contribution >= 4 is 34.1 Å². The largest absolute Gasteiger partial charge is 0.478 e. The first-order valence-electron chi connectivity index (χ1n) is 11.8. The number of aromatic amines is 1. The summed E-state index contributed by atoms with van der Waals surface area (Å²) in [6.45, 7) is 7.34. The first kappa shape index (κ1) is 22.8. The molecule has 178 valence electrons. The number of carboxylic acid groups (broad SMARTS) is 1. The number of fused-ring (bicyclic) bond motifs is 2. The fourth-order valence-corrected chi connectivity index (χ4v) is 5.87. The van der Waals surface area contributed by atoms with Crippen molar-refractivity contribution in [3.8, 4) is 0 Å². The van der Waals surface area contributed by atoms with Crippen molar-refractivity contribution in [3.05, 3.63) is 89.1 Å². The molecule has 0 bridgehead atoms. The Balaban J connectivity index is 1.41. The van der Waals surface area contributed by atoms with Gasteiger partial charge in [-0.25, -0.2) is 4.79 Å². The molecule has 1 atom stereocenters. The van der Waals surface area contributed by atoms with Gasteiger partial charge in [-0.15, -0.1) is 0 Å². The molecule has 0 spiro atoms. The summed E-state index contributed by atoms with van der Waals surface area (Å²) < 4.78 is 0. The summed E-state index contributed by atoms with van der Waals surface area (Å²) in [7, 11) is 0. The molecule has 2 heterocycles. The van der Waals surface area contributed by atoms with E-state index in [1.807, 2.05) is 36.4 Å². The lowest BCUT2D eigenvalue weighted by Gasteiger charge is -2.50. The van der Waals surface area contributed by atoms with Gasteiger partial charge in [-0.3, -0.25) is 9.59 Å². The van der Waals surface area contributed by atoms with E-state index in [4.69, 9.17) is 0 Å². The predicted molar refractivity (Wildman–Crippen MR) is 135 cm³/mol. The van der Waals surface area contributed by atoms with Gasteiger partial charge in [-0.05, 0) is 35.8 Å². The van der Waals surface area contributed by atoms with Gasteiger partial charge < -0.3 is 15.0 Å². The second-order valence-corrected chi connectivity index (χ2v) is 10.3. The Morgan fingerprint density at radius 3 is 2.40 bits per heavy atom. The zero-order valence-corrected chi connectivity index (χ0v) is 20.1.